The van der Waals surface area contributed by atoms with E-state index in [2.05, 4.69) is 4.72 Å². The lowest BCUT2D eigenvalue weighted by molar-refractivity contribution is -0.387. The van der Waals surface area contributed by atoms with Crippen LogP contribution in [0.1, 0.15) is 79.1 Å². The van der Waals surface area contributed by atoms with Crippen LogP contribution in [-0.2, 0) is 24.3 Å². The largest absolute Gasteiger partial charge is 0.460 e. The lowest BCUT2D eigenvalue weighted by Crippen LogP contribution is -2.40. The quantitative estimate of drug-likeness (QED) is 0.218. The Labute approximate surface area is 201 Å². The number of Topliss-reactive ketones (excluding diaryl/α,β-unsaturated/α-hetero) is 1. The summed E-state index contributed by atoms with van der Waals surface area (Å²) in [5.41, 5.74) is -1.28. The van der Waals surface area contributed by atoms with Crippen molar-refractivity contribution in [3.8, 4) is 0 Å². The van der Waals surface area contributed by atoms with Crippen molar-refractivity contribution in [2.75, 3.05) is 0 Å². The number of carbonyl (C=O) groups excluding carboxylic acids is 2. The van der Waals surface area contributed by atoms with Crippen LogP contribution in [0, 0.1) is 22.0 Å². The van der Waals surface area contributed by atoms with Gasteiger partial charge in [0.2, 0.25) is 10.0 Å². The van der Waals surface area contributed by atoms with Gasteiger partial charge in [-0.1, -0.05) is 50.7 Å². The van der Waals surface area contributed by atoms with Gasteiger partial charge in [0.15, 0.2) is 10.7 Å². The van der Waals surface area contributed by atoms with Crippen LogP contribution in [0.25, 0.3) is 0 Å². The fourth-order valence-electron chi connectivity index (χ4n) is 4.27. The van der Waals surface area contributed by atoms with Gasteiger partial charge in [-0.3, -0.25) is 19.7 Å². The van der Waals surface area contributed by atoms with E-state index in [1.807, 2.05) is 0 Å². The number of rotatable bonds is 10. The number of nitrogens with one attached hydrogen (secondary N) is 1. The fourth-order valence-corrected chi connectivity index (χ4v) is 5.67. The van der Waals surface area contributed by atoms with Crippen LogP contribution < -0.4 is 4.72 Å². The molecule has 1 aliphatic rings. The smallest absolute Gasteiger partial charge is 0.309 e. The topological polar surface area (TPSA) is 133 Å². The highest BCUT2D eigenvalue weighted by atomic mass is 32.2. The van der Waals surface area contributed by atoms with Crippen LogP contribution in [0.4, 0.5) is 5.69 Å². The molecule has 190 valence electrons. The molecule has 1 fully saturated rings. The molecule has 9 nitrogen and oxygen atoms in total. The molecule has 0 aliphatic heterocycles. The summed E-state index contributed by atoms with van der Waals surface area (Å²) in [6.45, 7) is 6.67. The number of esters is 1. The van der Waals surface area contributed by atoms with Gasteiger partial charge in [-0.05, 0) is 46.1 Å². The lowest BCUT2D eigenvalue weighted by Gasteiger charge is -2.26. The number of ketones is 1. The first kappa shape index (κ1) is 27.9. The number of nitrogens with zero attached hydrogens (tertiary/aromatic N) is 1. The summed E-state index contributed by atoms with van der Waals surface area (Å²) in [5.74, 6) is -1.29. The Morgan fingerprint density at radius 1 is 1.15 bits per heavy atom. The second-order valence-corrected chi connectivity index (χ2v) is 11.7. The summed E-state index contributed by atoms with van der Waals surface area (Å²) in [7, 11) is -4.33. The molecule has 0 amide bonds. The average molecular weight is 497 g/mol. The van der Waals surface area contributed by atoms with Crippen molar-refractivity contribution in [1.29, 1.82) is 0 Å². The first-order chi connectivity index (χ1) is 15.8. The Hall–Kier alpha value is -2.33. The summed E-state index contributed by atoms with van der Waals surface area (Å²) in [4.78, 5) is 35.8. The molecule has 0 unspecified atom stereocenters. The van der Waals surface area contributed by atoms with Gasteiger partial charge in [-0.25, -0.2) is 13.1 Å². The van der Waals surface area contributed by atoms with Crippen molar-refractivity contribution in [2.45, 2.75) is 95.6 Å². The van der Waals surface area contributed by atoms with E-state index in [0.717, 1.165) is 50.7 Å². The van der Waals surface area contributed by atoms with Crippen molar-refractivity contribution in [3.63, 3.8) is 0 Å². The van der Waals surface area contributed by atoms with Gasteiger partial charge >= 0.3 is 5.97 Å². The Bertz CT molecular complexity index is 977. The maximum atomic E-state index is 13.0. The zero-order valence-corrected chi connectivity index (χ0v) is 21.2. The Kier molecular flexibility index (Phi) is 9.75. The van der Waals surface area contributed by atoms with Crippen molar-refractivity contribution in [2.24, 2.45) is 11.8 Å². The highest BCUT2D eigenvalue weighted by Crippen LogP contribution is 2.31. The van der Waals surface area contributed by atoms with E-state index < -0.39 is 54.8 Å². The van der Waals surface area contributed by atoms with E-state index in [0.29, 0.717) is 12.3 Å². The number of nitro benzene ring substituents is 1. The predicted octanol–water partition coefficient (Wildman–Crippen LogP) is 4.54. The van der Waals surface area contributed by atoms with E-state index in [1.54, 1.807) is 20.8 Å². The molecule has 34 heavy (non-hydrogen) atoms. The minimum Gasteiger partial charge on any atom is -0.460 e. The minimum atomic E-state index is -4.33. The number of carbonyl (C=O) groups is 2. The van der Waals surface area contributed by atoms with Gasteiger partial charge in [0.05, 0.1) is 16.9 Å². The molecule has 0 radical (unpaired) electrons. The third-order valence-corrected chi connectivity index (χ3v) is 7.53. The predicted molar refractivity (Wildman–Crippen MR) is 128 cm³/mol. The number of hydrogen-bond donors (Lipinski definition) is 1. The zero-order valence-electron chi connectivity index (χ0n) is 20.4. The molecule has 1 aromatic carbocycles. The summed E-state index contributed by atoms with van der Waals surface area (Å²) in [5, 5.41) is 11.2. The second-order valence-electron chi connectivity index (χ2n) is 10.1. The molecule has 1 saturated carbocycles. The number of para-hydroxylation sites is 1. The molecular weight excluding hydrogens is 460 g/mol. The van der Waals surface area contributed by atoms with Crippen molar-refractivity contribution < 1.29 is 27.7 Å². The Morgan fingerprint density at radius 2 is 1.74 bits per heavy atom. The standard InChI is InChI=1S/C24H36N2O7S/c1-17(25-34(31,32)22-14-10-9-13-20(22)26(29)30)21(27)16-19(23(28)33-24(2,3)4)15-18-11-7-5-6-8-12-18/h9-10,13-14,17-19,25H,5-8,11-12,15-16H2,1-4H3/t17-,19+/m0/s1. The van der Waals surface area contributed by atoms with E-state index in [9.17, 15) is 28.1 Å². The maximum Gasteiger partial charge on any atom is 0.309 e. The first-order valence-corrected chi connectivity index (χ1v) is 13.3. The molecule has 1 aromatic rings. The van der Waals surface area contributed by atoms with Crippen LogP contribution in [-0.4, -0.2) is 36.7 Å². The van der Waals surface area contributed by atoms with E-state index >= 15 is 0 Å². The molecule has 0 aromatic heterocycles. The molecule has 0 bridgehead atoms. The van der Waals surface area contributed by atoms with Gasteiger partial charge in [0.1, 0.15) is 5.60 Å². The number of sulfonamides is 1. The first-order valence-electron chi connectivity index (χ1n) is 11.8. The molecule has 0 spiro atoms. The Balaban J connectivity index is 2.16. The molecular formula is C24H36N2O7S. The molecule has 2 atom stereocenters. The number of hydrogen-bond acceptors (Lipinski definition) is 7. The highest BCUT2D eigenvalue weighted by Gasteiger charge is 2.33. The van der Waals surface area contributed by atoms with Gasteiger partial charge in [-0.15, -0.1) is 0 Å². The van der Waals surface area contributed by atoms with Crippen LogP contribution in [0.5, 0.6) is 0 Å². The van der Waals surface area contributed by atoms with Gasteiger partial charge in [-0.2, -0.15) is 0 Å². The van der Waals surface area contributed by atoms with E-state index in [4.69, 9.17) is 4.74 Å². The van der Waals surface area contributed by atoms with E-state index in [1.165, 1.54) is 19.1 Å². The molecule has 0 heterocycles. The van der Waals surface area contributed by atoms with Gasteiger partial charge < -0.3 is 4.74 Å². The second kappa shape index (κ2) is 11.9. The number of ether oxygens (including phenoxy) is 1. The van der Waals surface area contributed by atoms with Crippen LogP contribution >= 0.6 is 0 Å². The monoisotopic (exact) mass is 496 g/mol. The summed E-state index contributed by atoms with van der Waals surface area (Å²) in [6.07, 6.45) is 6.85. The van der Waals surface area contributed by atoms with Crippen LogP contribution in [0.15, 0.2) is 29.2 Å². The summed E-state index contributed by atoms with van der Waals surface area (Å²) < 4.78 is 33.4. The minimum absolute atomic E-state index is 0.161. The SMILES string of the molecule is C[C@H](NS(=O)(=O)c1ccccc1[N+](=O)[O-])C(=O)C[C@@H](CC1CCCCCC1)C(=O)OC(C)(C)C. The van der Waals surface area contributed by atoms with Crippen molar-refractivity contribution in [1.82, 2.24) is 4.72 Å². The van der Waals surface area contributed by atoms with Crippen LogP contribution in [0.3, 0.4) is 0 Å². The third-order valence-electron chi connectivity index (χ3n) is 5.95. The summed E-state index contributed by atoms with van der Waals surface area (Å²) >= 11 is 0. The Morgan fingerprint density at radius 3 is 2.29 bits per heavy atom. The average Bonchev–Trinajstić information content (AvgIpc) is 3.00. The van der Waals surface area contributed by atoms with E-state index in [-0.39, 0.29) is 6.42 Å². The van der Waals surface area contributed by atoms with Gasteiger partial charge in [0.25, 0.3) is 5.69 Å². The summed E-state index contributed by atoms with van der Waals surface area (Å²) in [6, 6.07) is 3.78. The maximum absolute atomic E-state index is 13.0. The zero-order chi connectivity index (χ0) is 25.5. The number of benzene rings is 1. The molecule has 0 saturated heterocycles. The normalized spacial score (nSPS) is 17.4. The molecule has 1 aliphatic carbocycles. The fraction of sp³-hybridized carbons (Fsp3) is 0.667. The third kappa shape index (κ3) is 8.47. The van der Waals surface area contributed by atoms with Crippen molar-refractivity contribution in [3.05, 3.63) is 34.4 Å². The van der Waals surface area contributed by atoms with Gasteiger partial charge in [0, 0.05) is 12.5 Å². The molecule has 1 N–H and O–H groups in total. The molecule has 10 heteroatoms. The lowest BCUT2D eigenvalue weighted by atomic mass is 9.85. The van der Waals surface area contributed by atoms with Crippen LogP contribution in [0.2, 0.25) is 0 Å². The van der Waals surface area contributed by atoms with Crippen molar-refractivity contribution >= 4 is 27.5 Å². The highest BCUT2D eigenvalue weighted by molar-refractivity contribution is 7.89. The molecule has 2 rings (SSSR count). The number of nitro groups is 1.